The van der Waals surface area contributed by atoms with Gasteiger partial charge in [-0.2, -0.15) is 15.0 Å². The Morgan fingerprint density at radius 3 is 2.28 bits per heavy atom. The molecule has 3 aliphatic heterocycles. The summed E-state index contributed by atoms with van der Waals surface area (Å²) < 4.78 is 42.2. The van der Waals surface area contributed by atoms with Crippen LogP contribution in [0, 0.1) is 0 Å². The quantitative estimate of drug-likeness (QED) is 0.336. The summed E-state index contributed by atoms with van der Waals surface area (Å²) in [5.41, 5.74) is 2.00. The molecule has 3 aliphatic rings. The van der Waals surface area contributed by atoms with Crippen molar-refractivity contribution in [2.45, 2.75) is 82.9 Å². The zero-order chi connectivity index (χ0) is 30.0. The summed E-state index contributed by atoms with van der Waals surface area (Å²) >= 11 is 0. The highest BCUT2D eigenvalue weighted by molar-refractivity contribution is 5.37. The van der Waals surface area contributed by atoms with E-state index in [4.69, 9.17) is 33.2 Å². The lowest BCUT2D eigenvalue weighted by atomic mass is 9.99. The van der Waals surface area contributed by atoms with Crippen LogP contribution < -0.4 is 20.1 Å². The topological polar surface area (TPSA) is 140 Å². The number of ether oxygens (including phenoxy) is 7. The van der Waals surface area contributed by atoms with Crippen molar-refractivity contribution in [2.75, 3.05) is 30.9 Å². The summed E-state index contributed by atoms with van der Waals surface area (Å²) in [6, 6.07) is 13.7. The van der Waals surface area contributed by atoms with Gasteiger partial charge in [-0.25, -0.2) is 0 Å². The van der Waals surface area contributed by atoms with Crippen LogP contribution in [0.5, 0.6) is 11.8 Å². The van der Waals surface area contributed by atoms with E-state index in [0.717, 1.165) is 17.0 Å². The van der Waals surface area contributed by atoms with Crippen molar-refractivity contribution in [1.82, 2.24) is 19.9 Å². The number of benzene rings is 1. The fraction of sp³-hybridized carbons (Fsp3) is 0.533. The lowest BCUT2D eigenvalue weighted by Crippen LogP contribution is -2.56. The fourth-order valence-electron chi connectivity index (χ4n) is 5.34. The third-order valence-corrected chi connectivity index (χ3v) is 7.24. The molecule has 2 N–H and O–H groups in total. The molecule has 13 heteroatoms. The van der Waals surface area contributed by atoms with Gasteiger partial charge in [-0.15, -0.1) is 0 Å². The molecule has 0 unspecified atom stereocenters. The number of hydrogen-bond acceptors (Lipinski definition) is 13. The maximum Gasteiger partial charge on any atom is 0.323 e. The zero-order valence-corrected chi connectivity index (χ0v) is 25.0. The number of nitrogens with one attached hydrogen (secondary N) is 2. The van der Waals surface area contributed by atoms with Crippen LogP contribution in [0.4, 0.5) is 11.9 Å². The predicted octanol–water partition coefficient (Wildman–Crippen LogP) is 3.32. The number of anilines is 2. The van der Waals surface area contributed by atoms with Crippen LogP contribution in [0.2, 0.25) is 0 Å². The van der Waals surface area contributed by atoms with Crippen molar-refractivity contribution < 1.29 is 33.2 Å². The average molecular weight is 595 g/mol. The fourth-order valence-corrected chi connectivity index (χ4v) is 5.34. The van der Waals surface area contributed by atoms with Crippen LogP contribution in [-0.2, 0) is 36.6 Å². The Bertz CT molecular complexity index is 1380. The molecule has 3 saturated heterocycles. The first kappa shape index (κ1) is 29.5. The Morgan fingerprint density at radius 1 is 0.814 bits per heavy atom. The molecule has 43 heavy (non-hydrogen) atoms. The van der Waals surface area contributed by atoms with Gasteiger partial charge in [0, 0.05) is 31.4 Å². The first-order valence-corrected chi connectivity index (χ1v) is 14.4. The molecule has 3 aromatic rings. The van der Waals surface area contributed by atoms with Gasteiger partial charge in [0.25, 0.3) is 0 Å². The zero-order valence-electron chi connectivity index (χ0n) is 25.0. The van der Waals surface area contributed by atoms with Crippen LogP contribution in [0.25, 0.3) is 0 Å². The minimum atomic E-state index is -0.807. The van der Waals surface area contributed by atoms with Crippen molar-refractivity contribution in [3.8, 4) is 11.8 Å². The largest absolute Gasteiger partial charge is 0.497 e. The summed E-state index contributed by atoms with van der Waals surface area (Å²) in [4.78, 5) is 18.0. The maximum absolute atomic E-state index is 6.28. The van der Waals surface area contributed by atoms with Crippen molar-refractivity contribution in [3.05, 3.63) is 59.9 Å². The summed E-state index contributed by atoms with van der Waals surface area (Å²) in [6.07, 6.45) is 0.107. The Labute approximate surface area is 250 Å². The summed E-state index contributed by atoms with van der Waals surface area (Å²) in [5.74, 6) is -0.0925. The number of methoxy groups -OCH3 is 1. The maximum atomic E-state index is 6.28. The molecule has 5 heterocycles. The van der Waals surface area contributed by atoms with E-state index in [1.807, 2.05) is 70.2 Å². The Morgan fingerprint density at radius 2 is 1.53 bits per heavy atom. The van der Waals surface area contributed by atoms with E-state index in [-0.39, 0.29) is 18.7 Å². The monoisotopic (exact) mass is 594 g/mol. The Kier molecular flexibility index (Phi) is 8.34. The molecule has 1 aromatic carbocycles. The predicted molar refractivity (Wildman–Crippen MR) is 155 cm³/mol. The smallest absolute Gasteiger partial charge is 0.323 e. The van der Waals surface area contributed by atoms with E-state index >= 15 is 0 Å². The molecule has 6 rings (SSSR count). The van der Waals surface area contributed by atoms with Gasteiger partial charge >= 0.3 is 6.01 Å². The lowest BCUT2D eigenvalue weighted by Gasteiger charge is -2.36. The Balaban J connectivity index is 1.16. The molecule has 0 saturated carbocycles. The number of nitrogens with zero attached hydrogens (tertiary/aromatic N) is 4. The second-order valence-electron chi connectivity index (χ2n) is 11.5. The molecular weight excluding hydrogens is 556 g/mol. The molecule has 2 aromatic heterocycles. The molecule has 0 aliphatic carbocycles. The first-order chi connectivity index (χ1) is 20.7. The molecule has 5 atom stereocenters. The molecule has 13 nitrogen and oxygen atoms in total. The molecule has 0 radical (unpaired) electrons. The van der Waals surface area contributed by atoms with Crippen molar-refractivity contribution in [1.29, 1.82) is 0 Å². The van der Waals surface area contributed by atoms with Gasteiger partial charge in [0.2, 0.25) is 11.9 Å². The molecule has 230 valence electrons. The third kappa shape index (κ3) is 7.13. The molecule has 3 fully saturated rings. The van der Waals surface area contributed by atoms with Gasteiger partial charge in [0.05, 0.1) is 7.11 Å². The van der Waals surface area contributed by atoms with Crippen molar-refractivity contribution >= 4 is 11.9 Å². The summed E-state index contributed by atoms with van der Waals surface area (Å²) in [5, 5.41) is 6.53. The van der Waals surface area contributed by atoms with Crippen molar-refractivity contribution in [2.24, 2.45) is 0 Å². The number of pyridine rings is 1. The van der Waals surface area contributed by atoms with Crippen LogP contribution >= 0.6 is 0 Å². The molecular formula is C30H38N6O7. The number of rotatable bonds is 11. The number of fused-ring (bicyclic) bond motifs is 3. The highest BCUT2D eigenvalue weighted by Gasteiger charge is 2.60. The minimum absolute atomic E-state index is 0.100. The SMILES string of the molecule is COc1ccc(CNc2nc(NCCc3ccccn3)nc(OC[C@H]3O[C@@H]4OC(C)(C)O[C@@H]4[C@H]4OC(C)(C)O[C@H]43)n2)cc1. The van der Waals surface area contributed by atoms with Gasteiger partial charge in [-0.1, -0.05) is 18.2 Å². The van der Waals surface area contributed by atoms with Crippen LogP contribution in [0.1, 0.15) is 39.0 Å². The van der Waals surface area contributed by atoms with E-state index in [1.165, 1.54) is 0 Å². The first-order valence-electron chi connectivity index (χ1n) is 14.4. The minimum Gasteiger partial charge on any atom is -0.497 e. The van der Waals surface area contributed by atoms with E-state index < -0.39 is 36.2 Å². The van der Waals surface area contributed by atoms with Gasteiger partial charge in [0.1, 0.15) is 36.8 Å². The third-order valence-electron chi connectivity index (χ3n) is 7.24. The van der Waals surface area contributed by atoms with Gasteiger partial charge in [-0.05, 0) is 57.5 Å². The second-order valence-corrected chi connectivity index (χ2v) is 11.5. The van der Waals surface area contributed by atoms with Crippen LogP contribution in [-0.4, -0.2) is 82.5 Å². The Hall–Kier alpha value is -3.62. The van der Waals surface area contributed by atoms with Gasteiger partial charge in [0.15, 0.2) is 17.9 Å². The highest BCUT2D eigenvalue weighted by Crippen LogP contribution is 2.44. The second kappa shape index (κ2) is 12.2. The highest BCUT2D eigenvalue weighted by atomic mass is 16.9. The van der Waals surface area contributed by atoms with Crippen LogP contribution in [0.15, 0.2) is 48.7 Å². The van der Waals surface area contributed by atoms with Gasteiger partial charge < -0.3 is 43.8 Å². The lowest BCUT2D eigenvalue weighted by molar-refractivity contribution is -0.238. The van der Waals surface area contributed by atoms with Crippen molar-refractivity contribution in [3.63, 3.8) is 0 Å². The van der Waals surface area contributed by atoms with Crippen LogP contribution in [0.3, 0.4) is 0 Å². The summed E-state index contributed by atoms with van der Waals surface area (Å²) in [6.45, 7) is 8.61. The number of aromatic nitrogens is 4. The standard InChI is InChI=1S/C30H38N6O7/c1-29(2)40-22-21(39-25-24(23(22)41-29)42-30(3,4)43-25)17-38-28-35-26(32-15-13-19-8-6-7-14-31-19)34-27(36-28)33-16-18-9-11-20(37-5)12-10-18/h6-12,14,21-25H,13,15-17H2,1-5H3,(H2,32,33,34,35,36)/t21-,22+,23+,24-,25-/m1/s1. The molecule has 0 bridgehead atoms. The van der Waals surface area contributed by atoms with E-state index in [0.29, 0.717) is 31.4 Å². The number of hydrogen-bond donors (Lipinski definition) is 2. The normalized spacial score (nSPS) is 26.8. The van der Waals surface area contributed by atoms with E-state index in [2.05, 4.69) is 30.6 Å². The van der Waals surface area contributed by atoms with E-state index in [1.54, 1.807) is 13.3 Å². The summed E-state index contributed by atoms with van der Waals surface area (Å²) in [7, 11) is 1.64. The average Bonchev–Trinajstić information content (AvgIpc) is 3.49. The molecule has 0 amide bonds. The molecule has 0 spiro atoms. The van der Waals surface area contributed by atoms with Gasteiger partial charge in [-0.3, -0.25) is 4.98 Å². The van der Waals surface area contributed by atoms with E-state index in [9.17, 15) is 0 Å².